The average Bonchev–Trinajstić information content (AvgIpc) is 3.26. The number of amides is 1. The zero-order valence-electron chi connectivity index (χ0n) is 12.5. The summed E-state index contributed by atoms with van der Waals surface area (Å²) in [6.07, 6.45) is 2.42. The van der Waals surface area contributed by atoms with Gasteiger partial charge < -0.3 is 11.1 Å². The van der Waals surface area contributed by atoms with Gasteiger partial charge in [-0.15, -0.1) is 11.3 Å². The lowest BCUT2D eigenvalue weighted by atomic mass is 10.1. The standard InChI is InChI=1S/C17H18N4OS/c18-10-14(8-12-4-2-1-3-5-12)20-17(22)13-9-16(23-11-13)15-6-7-19-21-15/h1-7,9,11,14H,8,10,18H2,(H,19,21)(H,20,22). The Bertz CT molecular complexity index is 752. The highest BCUT2D eigenvalue weighted by molar-refractivity contribution is 7.13. The number of thiophene rings is 1. The first kappa shape index (κ1) is 15.5. The van der Waals surface area contributed by atoms with E-state index in [4.69, 9.17) is 5.73 Å². The maximum absolute atomic E-state index is 12.4. The number of benzene rings is 1. The highest BCUT2D eigenvalue weighted by atomic mass is 32.1. The van der Waals surface area contributed by atoms with Crippen LogP contribution in [0.25, 0.3) is 10.6 Å². The lowest BCUT2D eigenvalue weighted by molar-refractivity contribution is 0.0938. The summed E-state index contributed by atoms with van der Waals surface area (Å²) in [5, 5.41) is 11.7. The summed E-state index contributed by atoms with van der Waals surface area (Å²) in [5.74, 6) is -0.0987. The van der Waals surface area contributed by atoms with Gasteiger partial charge in [0, 0.05) is 24.2 Å². The van der Waals surface area contributed by atoms with E-state index in [2.05, 4.69) is 15.5 Å². The van der Waals surface area contributed by atoms with Crippen molar-refractivity contribution in [3.63, 3.8) is 0 Å². The minimum atomic E-state index is -0.0987. The quantitative estimate of drug-likeness (QED) is 0.650. The summed E-state index contributed by atoms with van der Waals surface area (Å²) >= 11 is 1.51. The third kappa shape index (κ3) is 3.85. The van der Waals surface area contributed by atoms with Crippen molar-refractivity contribution < 1.29 is 4.79 Å². The molecule has 1 amide bonds. The van der Waals surface area contributed by atoms with E-state index in [1.807, 2.05) is 47.8 Å². The van der Waals surface area contributed by atoms with Gasteiger partial charge in [-0.25, -0.2) is 0 Å². The predicted molar refractivity (Wildman–Crippen MR) is 92.4 cm³/mol. The second kappa shape index (κ2) is 7.21. The van der Waals surface area contributed by atoms with Crippen LogP contribution in [0, 0.1) is 0 Å². The molecular weight excluding hydrogens is 308 g/mol. The number of aromatic nitrogens is 2. The Hall–Kier alpha value is -2.44. The van der Waals surface area contributed by atoms with Crippen LogP contribution in [0.2, 0.25) is 0 Å². The van der Waals surface area contributed by atoms with Gasteiger partial charge in [0.25, 0.3) is 5.91 Å². The Balaban J connectivity index is 1.65. The Morgan fingerprint density at radius 3 is 2.83 bits per heavy atom. The predicted octanol–water partition coefficient (Wildman–Crippen LogP) is 2.44. The van der Waals surface area contributed by atoms with Gasteiger partial charge in [0.1, 0.15) is 0 Å². The van der Waals surface area contributed by atoms with Crippen LogP contribution in [-0.2, 0) is 6.42 Å². The van der Waals surface area contributed by atoms with Crippen molar-refractivity contribution in [2.45, 2.75) is 12.5 Å². The maximum atomic E-state index is 12.4. The largest absolute Gasteiger partial charge is 0.348 e. The number of rotatable bonds is 6. The van der Waals surface area contributed by atoms with Gasteiger partial charge in [0.15, 0.2) is 0 Å². The molecule has 0 aliphatic rings. The van der Waals surface area contributed by atoms with Crippen molar-refractivity contribution in [3.8, 4) is 10.6 Å². The molecule has 0 radical (unpaired) electrons. The third-order valence-corrected chi connectivity index (χ3v) is 4.54. The Morgan fingerprint density at radius 2 is 2.13 bits per heavy atom. The molecule has 0 bridgehead atoms. The molecule has 0 saturated carbocycles. The van der Waals surface area contributed by atoms with Gasteiger partial charge in [-0.3, -0.25) is 9.89 Å². The van der Waals surface area contributed by atoms with E-state index in [9.17, 15) is 4.79 Å². The minimum absolute atomic E-state index is 0.0830. The number of H-pyrrole nitrogens is 1. The minimum Gasteiger partial charge on any atom is -0.348 e. The fourth-order valence-corrected chi connectivity index (χ4v) is 3.21. The first-order valence-corrected chi connectivity index (χ1v) is 8.27. The van der Waals surface area contributed by atoms with E-state index in [1.54, 1.807) is 6.20 Å². The summed E-state index contributed by atoms with van der Waals surface area (Å²) in [6.45, 7) is 0.401. The number of nitrogens with one attached hydrogen (secondary N) is 2. The number of hydrogen-bond acceptors (Lipinski definition) is 4. The number of aromatic amines is 1. The molecule has 3 aromatic rings. The van der Waals surface area contributed by atoms with Gasteiger partial charge in [-0.2, -0.15) is 5.10 Å². The van der Waals surface area contributed by atoms with Gasteiger partial charge in [0.2, 0.25) is 0 Å². The van der Waals surface area contributed by atoms with Crippen LogP contribution in [-0.4, -0.2) is 28.7 Å². The molecule has 23 heavy (non-hydrogen) atoms. The second-order valence-electron chi connectivity index (χ2n) is 5.27. The Kier molecular flexibility index (Phi) is 4.85. The van der Waals surface area contributed by atoms with E-state index >= 15 is 0 Å². The van der Waals surface area contributed by atoms with E-state index < -0.39 is 0 Å². The van der Waals surface area contributed by atoms with Crippen LogP contribution in [0.4, 0.5) is 0 Å². The summed E-state index contributed by atoms with van der Waals surface area (Å²) in [6, 6.07) is 13.7. The Labute approximate surface area is 138 Å². The average molecular weight is 326 g/mol. The molecule has 3 rings (SSSR count). The molecule has 4 N–H and O–H groups in total. The van der Waals surface area contributed by atoms with Gasteiger partial charge >= 0.3 is 0 Å². The highest BCUT2D eigenvalue weighted by Gasteiger charge is 2.15. The van der Waals surface area contributed by atoms with Crippen LogP contribution >= 0.6 is 11.3 Å². The molecule has 118 valence electrons. The van der Waals surface area contributed by atoms with Gasteiger partial charge in [-0.05, 0) is 24.1 Å². The van der Waals surface area contributed by atoms with Crippen molar-refractivity contribution in [2.24, 2.45) is 5.73 Å². The zero-order chi connectivity index (χ0) is 16.1. The van der Waals surface area contributed by atoms with Gasteiger partial charge in [0.05, 0.1) is 16.1 Å². The topological polar surface area (TPSA) is 83.8 Å². The van der Waals surface area contributed by atoms with Crippen molar-refractivity contribution in [3.05, 3.63) is 65.2 Å². The number of nitrogens with zero attached hydrogens (tertiary/aromatic N) is 1. The fourth-order valence-electron chi connectivity index (χ4n) is 2.35. The summed E-state index contributed by atoms with van der Waals surface area (Å²) in [7, 11) is 0. The molecule has 0 saturated heterocycles. The van der Waals surface area contributed by atoms with Gasteiger partial charge in [-0.1, -0.05) is 30.3 Å². The second-order valence-corrected chi connectivity index (χ2v) is 6.18. The SMILES string of the molecule is NCC(Cc1ccccc1)NC(=O)c1csc(-c2ccn[nH]2)c1. The van der Waals surface area contributed by atoms with Crippen LogP contribution in [0.15, 0.2) is 54.0 Å². The first-order valence-electron chi connectivity index (χ1n) is 7.39. The molecule has 1 aromatic carbocycles. The van der Waals surface area contributed by atoms with E-state index in [1.165, 1.54) is 11.3 Å². The molecule has 2 aromatic heterocycles. The van der Waals surface area contributed by atoms with E-state index in [-0.39, 0.29) is 11.9 Å². The van der Waals surface area contributed by atoms with Crippen LogP contribution in [0.1, 0.15) is 15.9 Å². The fraction of sp³-hybridized carbons (Fsp3) is 0.176. The van der Waals surface area contributed by atoms with E-state index in [0.29, 0.717) is 12.1 Å². The number of carbonyl (C=O) groups is 1. The van der Waals surface area contributed by atoms with Crippen molar-refractivity contribution in [1.82, 2.24) is 15.5 Å². The normalized spacial score (nSPS) is 12.0. The molecule has 0 spiro atoms. The lowest BCUT2D eigenvalue weighted by Crippen LogP contribution is -2.41. The van der Waals surface area contributed by atoms with Crippen LogP contribution in [0.5, 0.6) is 0 Å². The summed E-state index contributed by atoms with van der Waals surface area (Å²) < 4.78 is 0. The number of carbonyl (C=O) groups excluding carboxylic acids is 1. The van der Waals surface area contributed by atoms with Crippen LogP contribution in [0.3, 0.4) is 0 Å². The lowest BCUT2D eigenvalue weighted by Gasteiger charge is -2.16. The molecule has 2 heterocycles. The molecular formula is C17H18N4OS. The van der Waals surface area contributed by atoms with Crippen molar-refractivity contribution in [1.29, 1.82) is 0 Å². The molecule has 1 atom stereocenters. The number of hydrogen-bond donors (Lipinski definition) is 3. The van der Waals surface area contributed by atoms with Crippen molar-refractivity contribution >= 4 is 17.2 Å². The summed E-state index contributed by atoms with van der Waals surface area (Å²) in [4.78, 5) is 13.4. The van der Waals surface area contributed by atoms with E-state index in [0.717, 1.165) is 22.6 Å². The van der Waals surface area contributed by atoms with Crippen LogP contribution < -0.4 is 11.1 Å². The molecule has 0 aliphatic carbocycles. The zero-order valence-corrected chi connectivity index (χ0v) is 13.3. The molecule has 5 nitrogen and oxygen atoms in total. The monoisotopic (exact) mass is 326 g/mol. The molecule has 0 fully saturated rings. The first-order chi connectivity index (χ1) is 11.3. The van der Waals surface area contributed by atoms with Crippen molar-refractivity contribution in [2.75, 3.05) is 6.54 Å². The molecule has 0 aliphatic heterocycles. The third-order valence-electron chi connectivity index (χ3n) is 3.57. The Morgan fingerprint density at radius 1 is 1.30 bits per heavy atom. The maximum Gasteiger partial charge on any atom is 0.252 e. The summed E-state index contributed by atoms with van der Waals surface area (Å²) in [5.41, 5.74) is 8.52. The molecule has 1 unspecified atom stereocenters. The number of nitrogens with two attached hydrogens (primary N) is 1. The smallest absolute Gasteiger partial charge is 0.252 e. The molecule has 6 heteroatoms. The highest BCUT2D eigenvalue weighted by Crippen LogP contribution is 2.25.